The van der Waals surface area contributed by atoms with Crippen molar-refractivity contribution in [1.82, 2.24) is 5.43 Å². The van der Waals surface area contributed by atoms with Gasteiger partial charge in [0.15, 0.2) is 0 Å². The first-order valence-electron chi connectivity index (χ1n) is 6.14. The summed E-state index contributed by atoms with van der Waals surface area (Å²) in [6, 6.07) is 0.430. The Morgan fingerprint density at radius 3 is 2.60 bits per heavy atom. The van der Waals surface area contributed by atoms with E-state index < -0.39 is 0 Å². The first-order chi connectivity index (χ1) is 7.19. The molecule has 0 bridgehead atoms. The summed E-state index contributed by atoms with van der Waals surface area (Å²) in [5.74, 6) is 8.06. The van der Waals surface area contributed by atoms with Gasteiger partial charge in [0.25, 0.3) is 0 Å². The third kappa shape index (κ3) is 3.74. The molecule has 3 nitrogen and oxygen atoms in total. The first-order valence-corrected chi connectivity index (χ1v) is 6.14. The molecule has 0 aromatic rings. The molecule has 0 aromatic heterocycles. The Balaban J connectivity index is 2.39. The molecule has 0 aliphatic heterocycles. The highest BCUT2D eigenvalue weighted by Gasteiger charge is 2.29. The minimum atomic E-state index is 0.430. The van der Waals surface area contributed by atoms with Gasteiger partial charge in [0, 0.05) is 19.8 Å². The lowest BCUT2D eigenvalue weighted by Gasteiger charge is -2.36. The van der Waals surface area contributed by atoms with E-state index in [1.165, 1.54) is 19.3 Å². The number of hydrazine groups is 1. The van der Waals surface area contributed by atoms with Crippen LogP contribution >= 0.6 is 0 Å². The molecule has 1 saturated carbocycles. The van der Waals surface area contributed by atoms with Crippen LogP contribution in [0.25, 0.3) is 0 Å². The molecule has 0 heterocycles. The van der Waals surface area contributed by atoms with Crippen molar-refractivity contribution in [1.29, 1.82) is 0 Å². The van der Waals surface area contributed by atoms with Crippen LogP contribution in [-0.2, 0) is 4.74 Å². The maximum absolute atomic E-state index is 5.62. The molecule has 0 aromatic carbocycles. The predicted octanol–water partition coefficient (Wildman–Crippen LogP) is 1.93. The molecule has 1 rings (SSSR count). The van der Waals surface area contributed by atoms with Gasteiger partial charge in [-0.2, -0.15) is 0 Å². The molecular weight excluding hydrogens is 188 g/mol. The molecule has 3 N–H and O–H groups in total. The molecule has 4 unspecified atom stereocenters. The maximum atomic E-state index is 5.62. The highest BCUT2D eigenvalue weighted by atomic mass is 16.5. The van der Waals surface area contributed by atoms with Crippen molar-refractivity contribution in [2.24, 2.45) is 23.6 Å². The Morgan fingerprint density at radius 2 is 2.07 bits per heavy atom. The molecule has 90 valence electrons. The Kier molecular flexibility index (Phi) is 5.58. The lowest BCUT2D eigenvalue weighted by Crippen LogP contribution is -2.44. The van der Waals surface area contributed by atoms with Crippen LogP contribution in [0, 0.1) is 17.8 Å². The Labute approximate surface area is 93.7 Å². The van der Waals surface area contributed by atoms with E-state index in [0.717, 1.165) is 30.8 Å². The third-order valence-corrected chi connectivity index (χ3v) is 4.05. The zero-order chi connectivity index (χ0) is 11.3. The van der Waals surface area contributed by atoms with Gasteiger partial charge in [-0.05, 0) is 37.0 Å². The van der Waals surface area contributed by atoms with Gasteiger partial charge < -0.3 is 4.74 Å². The summed E-state index contributed by atoms with van der Waals surface area (Å²) >= 11 is 0. The number of ether oxygens (including phenoxy) is 1. The van der Waals surface area contributed by atoms with Gasteiger partial charge >= 0.3 is 0 Å². The highest BCUT2D eigenvalue weighted by Crippen LogP contribution is 2.35. The number of nitrogens with two attached hydrogens (primary N) is 1. The number of methoxy groups -OCH3 is 1. The fraction of sp³-hybridized carbons (Fsp3) is 1.00. The van der Waals surface area contributed by atoms with Crippen LogP contribution in [0.4, 0.5) is 0 Å². The number of hydrogen-bond donors (Lipinski definition) is 2. The zero-order valence-electron chi connectivity index (χ0n) is 10.3. The van der Waals surface area contributed by atoms with E-state index in [0.29, 0.717) is 6.04 Å². The van der Waals surface area contributed by atoms with Crippen LogP contribution in [-0.4, -0.2) is 19.8 Å². The third-order valence-electron chi connectivity index (χ3n) is 4.05. The van der Waals surface area contributed by atoms with E-state index in [1.807, 2.05) is 0 Å². The summed E-state index contributed by atoms with van der Waals surface area (Å²) in [5, 5.41) is 0. The molecule has 0 spiro atoms. The molecule has 15 heavy (non-hydrogen) atoms. The maximum Gasteiger partial charge on any atom is 0.0477 e. The summed E-state index contributed by atoms with van der Waals surface area (Å²) in [7, 11) is 1.75. The summed E-state index contributed by atoms with van der Waals surface area (Å²) in [4.78, 5) is 0. The lowest BCUT2D eigenvalue weighted by molar-refractivity contribution is 0.132. The molecule has 3 heteroatoms. The molecule has 1 aliphatic rings. The summed E-state index contributed by atoms with van der Waals surface area (Å²) < 4.78 is 5.12. The van der Waals surface area contributed by atoms with Crippen molar-refractivity contribution >= 4 is 0 Å². The van der Waals surface area contributed by atoms with Crippen molar-refractivity contribution in [2.45, 2.75) is 45.6 Å². The first kappa shape index (κ1) is 12.9. The average molecular weight is 214 g/mol. The van der Waals surface area contributed by atoms with E-state index in [1.54, 1.807) is 7.11 Å². The van der Waals surface area contributed by atoms with Gasteiger partial charge in [0.05, 0.1) is 0 Å². The second-order valence-corrected chi connectivity index (χ2v) is 5.08. The van der Waals surface area contributed by atoms with Crippen LogP contribution in [0.3, 0.4) is 0 Å². The fourth-order valence-corrected chi connectivity index (χ4v) is 2.65. The summed E-state index contributed by atoms with van der Waals surface area (Å²) in [5.41, 5.74) is 2.96. The predicted molar refractivity (Wildman–Crippen MR) is 63.3 cm³/mol. The minimum absolute atomic E-state index is 0.430. The van der Waals surface area contributed by atoms with Crippen LogP contribution < -0.4 is 11.3 Å². The van der Waals surface area contributed by atoms with Crippen LogP contribution in [0.5, 0.6) is 0 Å². The van der Waals surface area contributed by atoms with Crippen molar-refractivity contribution in [3.8, 4) is 0 Å². The molecule has 0 saturated heterocycles. The van der Waals surface area contributed by atoms with E-state index in [2.05, 4.69) is 19.3 Å². The molecule has 1 fully saturated rings. The molecule has 1 aliphatic carbocycles. The van der Waals surface area contributed by atoms with Crippen molar-refractivity contribution in [3.05, 3.63) is 0 Å². The van der Waals surface area contributed by atoms with Crippen LogP contribution in [0.1, 0.15) is 39.5 Å². The monoisotopic (exact) mass is 214 g/mol. The van der Waals surface area contributed by atoms with Gasteiger partial charge in [-0.3, -0.25) is 11.3 Å². The topological polar surface area (TPSA) is 47.3 Å². The standard InChI is InChI=1S/C12H26N2O/c1-9-4-5-11(8-10(9)2)12(14-13)6-7-15-3/h9-12,14H,4-8,13H2,1-3H3. The average Bonchev–Trinajstić information content (AvgIpc) is 2.24. The highest BCUT2D eigenvalue weighted by molar-refractivity contribution is 4.82. The van der Waals surface area contributed by atoms with Crippen LogP contribution in [0.15, 0.2) is 0 Å². The molecule has 4 atom stereocenters. The van der Waals surface area contributed by atoms with Gasteiger partial charge in [-0.15, -0.1) is 0 Å². The summed E-state index contributed by atoms with van der Waals surface area (Å²) in [6.07, 6.45) is 4.99. The van der Waals surface area contributed by atoms with Gasteiger partial charge in [0.2, 0.25) is 0 Å². The van der Waals surface area contributed by atoms with E-state index >= 15 is 0 Å². The van der Waals surface area contributed by atoms with Crippen LogP contribution in [0.2, 0.25) is 0 Å². The zero-order valence-corrected chi connectivity index (χ0v) is 10.3. The van der Waals surface area contributed by atoms with Gasteiger partial charge in [-0.1, -0.05) is 20.3 Å². The normalized spacial score (nSPS) is 34.0. The van der Waals surface area contributed by atoms with Gasteiger partial charge in [0.1, 0.15) is 0 Å². The largest absolute Gasteiger partial charge is 0.385 e. The second kappa shape index (κ2) is 6.46. The number of hydrogen-bond acceptors (Lipinski definition) is 3. The van der Waals surface area contributed by atoms with E-state index in [-0.39, 0.29) is 0 Å². The van der Waals surface area contributed by atoms with Gasteiger partial charge in [-0.25, -0.2) is 0 Å². The van der Waals surface area contributed by atoms with E-state index in [9.17, 15) is 0 Å². The molecule has 0 radical (unpaired) electrons. The lowest BCUT2D eigenvalue weighted by atomic mass is 9.73. The molecule has 0 amide bonds. The quantitative estimate of drug-likeness (QED) is 0.543. The Hall–Kier alpha value is -0.120. The SMILES string of the molecule is COCCC(NN)C1CCC(C)C(C)C1. The second-order valence-electron chi connectivity index (χ2n) is 5.08. The number of nitrogens with one attached hydrogen (secondary N) is 1. The van der Waals surface area contributed by atoms with Crippen molar-refractivity contribution < 1.29 is 4.74 Å². The van der Waals surface area contributed by atoms with E-state index in [4.69, 9.17) is 10.6 Å². The van der Waals surface area contributed by atoms with Crippen molar-refractivity contribution in [3.63, 3.8) is 0 Å². The summed E-state index contributed by atoms with van der Waals surface area (Å²) in [6.45, 7) is 5.52. The fourth-order valence-electron chi connectivity index (χ4n) is 2.65. The molecular formula is C12H26N2O. The number of rotatable bonds is 5. The Morgan fingerprint density at radius 1 is 1.33 bits per heavy atom. The Bertz CT molecular complexity index is 175. The van der Waals surface area contributed by atoms with Crippen molar-refractivity contribution in [2.75, 3.05) is 13.7 Å². The minimum Gasteiger partial charge on any atom is -0.385 e. The smallest absolute Gasteiger partial charge is 0.0477 e.